The van der Waals surface area contributed by atoms with E-state index in [0.29, 0.717) is 37.4 Å². The first-order chi connectivity index (χ1) is 14.5. The minimum Gasteiger partial charge on any atom is -0.379 e. The van der Waals surface area contributed by atoms with Crippen LogP contribution >= 0.6 is 0 Å². The number of ether oxygens (including phenoxy) is 3. The summed E-state index contributed by atoms with van der Waals surface area (Å²) in [5, 5.41) is 22.0. The van der Waals surface area contributed by atoms with Crippen molar-refractivity contribution in [2.75, 3.05) is 40.5 Å². The average Bonchev–Trinajstić information content (AvgIpc) is 2.77. The maximum absolute atomic E-state index is 13.6. The molecule has 1 aliphatic rings. The van der Waals surface area contributed by atoms with Crippen LogP contribution in [0.3, 0.4) is 0 Å². The Bertz CT molecular complexity index is 937. The second-order valence-electron chi connectivity index (χ2n) is 6.76. The SMILES string of the molecule is COC(OC)c1cc(C(C#N)(c2ccc(F)cc2)N2CCOCC2)ccc1[N+](=O)[O-]. The fourth-order valence-electron chi connectivity index (χ4n) is 3.81. The van der Waals surface area contributed by atoms with Gasteiger partial charge in [-0.2, -0.15) is 5.26 Å². The Morgan fingerprint density at radius 2 is 1.77 bits per heavy atom. The Labute approximate surface area is 173 Å². The Morgan fingerprint density at radius 1 is 1.17 bits per heavy atom. The van der Waals surface area contributed by atoms with Crippen LogP contribution in [0.15, 0.2) is 42.5 Å². The molecule has 0 bridgehead atoms. The van der Waals surface area contributed by atoms with Crippen LogP contribution in [0.25, 0.3) is 0 Å². The number of nitriles is 1. The number of nitro groups is 1. The van der Waals surface area contributed by atoms with E-state index in [1.54, 1.807) is 24.3 Å². The lowest BCUT2D eigenvalue weighted by atomic mass is 9.81. The number of rotatable bonds is 7. The Hall–Kier alpha value is -2.90. The van der Waals surface area contributed by atoms with Crippen LogP contribution in [0, 0.1) is 27.3 Å². The molecule has 1 atom stereocenters. The highest BCUT2D eigenvalue weighted by Gasteiger charge is 2.43. The van der Waals surface area contributed by atoms with Crippen molar-refractivity contribution in [3.63, 3.8) is 0 Å². The first-order valence-electron chi connectivity index (χ1n) is 9.32. The molecule has 0 N–H and O–H groups in total. The molecule has 1 unspecified atom stereocenters. The molecule has 0 spiro atoms. The molecule has 2 aromatic carbocycles. The number of halogens is 1. The minimum absolute atomic E-state index is 0.180. The van der Waals surface area contributed by atoms with Crippen molar-refractivity contribution < 1.29 is 23.5 Å². The Balaban J connectivity index is 2.25. The molecule has 9 heteroatoms. The molecule has 8 nitrogen and oxygen atoms in total. The molecule has 0 aliphatic carbocycles. The normalized spacial score (nSPS) is 16.8. The molecule has 1 fully saturated rings. The summed E-state index contributed by atoms with van der Waals surface area (Å²) in [6, 6.07) is 12.5. The first-order valence-corrected chi connectivity index (χ1v) is 9.32. The summed E-state index contributed by atoms with van der Waals surface area (Å²) in [4.78, 5) is 13.0. The van der Waals surface area contributed by atoms with E-state index < -0.39 is 22.6 Å². The molecule has 0 saturated carbocycles. The van der Waals surface area contributed by atoms with Crippen LogP contribution in [0.4, 0.5) is 10.1 Å². The number of nitrogens with zero attached hydrogens (tertiary/aromatic N) is 3. The molecule has 1 saturated heterocycles. The topological polar surface area (TPSA) is 97.9 Å². The van der Waals surface area contributed by atoms with Crippen LogP contribution in [-0.4, -0.2) is 50.3 Å². The lowest BCUT2D eigenvalue weighted by molar-refractivity contribution is -0.387. The van der Waals surface area contributed by atoms with Crippen molar-refractivity contribution in [2.45, 2.75) is 11.8 Å². The van der Waals surface area contributed by atoms with E-state index in [-0.39, 0.29) is 11.3 Å². The highest BCUT2D eigenvalue weighted by Crippen LogP contribution is 2.40. The predicted octanol–water partition coefficient (Wildman–Crippen LogP) is 3.12. The maximum atomic E-state index is 13.6. The molecule has 0 amide bonds. The molecule has 30 heavy (non-hydrogen) atoms. The highest BCUT2D eigenvalue weighted by atomic mass is 19.1. The van der Waals surface area contributed by atoms with E-state index in [0.717, 1.165) is 0 Å². The van der Waals surface area contributed by atoms with Gasteiger partial charge in [-0.25, -0.2) is 4.39 Å². The lowest BCUT2D eigenvalue weighted by Gasteiger charge is -2.41. The Kier molecular flexibility index (Phi) is 6.74. The van der Waals surface area contributed by atoms with E-state index in [4.69, 9.17) is 14.2 Å². The summed E-state index contributed by atoms with van der Waals surface area (Å²) in [6.45, 7) is 1.80. The van der Waals surface area contributed by atoms with Crippen molar-refractivity contribution in [1.29, 1.82) is 5.26 Å². The van der Waals surface area contributed by atoms with Gasteiger partial charge in [0.05, 0.1) is 29.8 Å². The van der Waals surface area contributed by atoms with Gasteiger partial charge in [-0.3, -0.25) is 15.0 Å². The quantitative estimate of drug-likeness (QED) is 0.389. The fraction of sp³-hybridized carbons (Fsp3) is 0.381. The van der Waals surface area contributed by atoms with Crippen LogP contribution in [0.5, 0.6) is 0 Å². The fourth-order valence-corrected chi connectivity index (χ4v) is 3.81. The molecule has 3 rings (SSSR count). The van der Waals surface area contributed by atoms with Gasteiger partial charge in [0.15, 0.2) is 11.8 Å². The van der Waals surface area contributed by atoms with E-state index >= 15 is 0 Å². The molecule has 2 aromatic rings. The maximum Gasteiger partial charge on any atom is 0.277 e. The van der Waals surface area contributed by atoms with Crippen LogP contribution in [0.2, 0.25) is 0 Å². The number of nitro benzene ring substituents is 1. The summed E-state index contributed by atoms with van der Waals surface area (Å²) in [6.07, 6.45) is -0.986. The largest absolute Gasteiger partial charge is 0.379 e. The molecule has 158 valence electrons. The van der Waals surface area contributed by atoms with Gasteiger partial charge in [0.25, 0.3) is 5.69 Å². The van der Waals surface area contributed by atoms with E-state index in [2.05, 4.69) is 6.07 Å². The second-order valence-corrected chi connectivity index (χ2v) is 6.76. The van der Waals surface area contributed by atoms with Gasteiger partial charge in [0.2, 0.25) is 0 Å². The third-order valence-electron chi connectivity index (χ3n) is 5.23. The minimum atomic E-state index is -1.30. The number of hydrogen-bond acceptors (Lipinski definition) is 7. The summed E-state index contributed by atoms with van der Waals surface area (Å²) in [5.41, 5.74) is -0.233. The lowest BCUT2D eigenvalue weighted by Crippen LogP contribution is -2.51. The standard InChI is InChI=1S/C21H22FN3O5/c1-28-20(29-2)18-13-16(5-8-19(18)25(26)27)21(14-23,24-9-11-30-12-10-24)15-3-6-17(22)7-4-15/h3-8,13,20H,9-12H2,1-2H3. The summed E-state index contributed by atoms with van der Waals surface area (Å²) >= 11 is 0. The molecular weight excluding hydrogens is 393 g/mol. The molecule has 1 aliphatic heterocycles. The van der Waals surface area contributed by atoms with Crippen molar-refractivity contribution in [3.8, 4) is 6.07 Å². The van der Waals surface area contributed by atoms with Crippen molar-refractivity contribution in [1.82, 2.24) is 4.90 Å². The molecular formula is C21H22FN3O5. The van der Waals surface area contributed by atoms with Crippen molar-refractivity contribution in [2.24, 2.45) is 0 Å². The van der Waals surface area contributed by atoms with E-state index in [9.17, 15) is 19.8 Å². The summed E-state index contributed by atoms with van der Waals surface area (Å²) in [5.74, 6) is -0.421. The van der Waals surface area contributed by atoms with Crippen molar-refractivity contribution >= 4 is 5.69 Å². The van der Waals surface area contributed by atoms with Gasteiger partial charge in [-0.1, -0.05) is 12.1 Å². The van der Waals surface area contributed by atoms with Gasteiger partial charge in [-0.05, 0) is 35.4 Å². The highest BCUT2D eigenvalue weighted by molar-refractivity contribution is 5.52. The average molecular weight is 415 g/mol. The van der Waals surface area contributed by atoms with Crippen LogP contribution < -0.4 is 0 Å². The zero-order chi connectivity index (χ0) is 21.7. The predicted molar refractivity (Wildman–Crippen MR) is 105 cm³/mol. The number of benzene rings is 2. The van der Waals surface area contributed by atoms with Gasteiger partial charge in [0.1, 0.15) is 5.82 Å². The smallest absolute Gasteiger partial charge is 0.277 e. The van der Waals surface area contributed by atoms with Gasteiger partial charge < -0.3 is 14.2 Å². The summed E-state index contributed by atoms with van der Waals surface area (Å²) < 4.78 is 29.5. The molecule has 0 radical (unpaired) electrons. The summed E-state index contributed by atoms with van der Waals surface area (Å²) in [7, 11) is 2.76. The third kappa shape index (κ3) is 3.91. The van der Waals surface area contributed by atoms with Crippen LogP contribution in [0.1, 0.15) is 23.0 Å². The van der Waals surface area contributed by atoms with Gasteiger partial charge in [-0.15, -0.1) is 0 Å². The zero-order valence-corrected chi connectivity index (χ0v) is 16.7. The second kappa shape index (κ2) is 9.28. The van der Waals surface area contributed by atoms with E-state index in [1.807, 2.05) is 4.90 Å². The number of morpholine rings is 1. The number of hydrogen-bond donors (Lipinski definition) is 0. The third-order valence-corrected chi connectivity index (χ3v) is 5.23. The molecule has 1 heterocycles. The Morgan fingerprint density at radius 3 is 2.30 bits per heavy atom. The van der Waals surface area contributed by atoms with Crippen molar-refractivity contribution in [3.05, 3.63) is 75.1 Å². The first kappa shape index (κ1) is 21.8. The number of methoxy groups -OCH3 is 2. The van der Waals surface area contributed by atoms with Gasteiger partial charge >= 0.3 is 0 Å². The monoisotopic (exact) mass is 415 g/mol. The van der Waals surface area contributed by atoms with Gasteiger partial charge in [0, 0.05) is 33.4 Å². The zero-order valence-electron chi connectivity index (χ0n) is 16.7. The molecule has 0 aromatic heterocycles. The van der Waals surface area contributed by atoms with Crippen LogP contribution in [-0.2, 0) is 19.7 Å². The van der Waals surface area contributed by atoms with E-state index in [1.165, 1.54) is 32.4 Å².